The van der Waals surface area contributed by atoms with E-state index in [0.29, 0.717) is 18.2 Å². The summed E-state index contributed by atoms with van der Waals surface area (Å²) in [5.74, 6) is 0.107. The first-order valence-corrected chi connectivity index (χ1v) is 7.67. The SMILES string of the molecule is C#CC(OC)c1cncc(C2CCCN2C)c1.O=C(O)C=CC(=O)O. The molecule has 1 aromatic heterocycles. The molecule has 7 nitrogen and oxygen atoms in total. The normalized spacial score (nSPS) is 18.2. The van der Waals surface area contributed by atoms with Crippen molar-refractivity contribution < 1.29 is 24.5 Å². The first-order valence-electron chi connectivity index (χ1n) is 7.67. The Morgan fingerprint density at radius 2 is 2.04 bits per heavy atom. The van der Waals surface area contributed by atoms with E-state index < -0.39 is 11.9 Å². The van der Waals surface area contributed by atoms with Gasteiger partial charge in [0.2, 0.25) is 0 Å². The van der Waals surface area contributed by atoms with Crippen LogP contribution in [0.1, 0.15) is 36.1 Å². The van der Waals surface area contributed by atoms with Crippen molar-refractivity contribution in [3.05, 3.63) is 41.7 Å². The molecule has 2 rings (SSSR count). The fourth-order valence-electron chi connectivity index (χ4n) is 2.58. The van der Waals surface area contributed by atoms with E-state index in [9.17, 15) is 9.59 Å². The molecule has 25 heavy (non-hydrogen) atoms. The number of terminal acetylenes is 1. The molecule has 0 amide bonds. The summed E-state index contributed by atoms with van der Waals surface area (Å²) in [5.41, 5.74) is 2.20. The van der Waals surface area contributed by atoms with E-state index in [1.807, 2.05) is 6.20 Å². The van der Waals surface area contributed by atoms with Crippen molar-refractivity contribution in [1.82, 2.24) is 9.88 Å². The topological polar surface area (TPSA) is 100.0 Å². The number of carboxylic acid groups (broad SMARTS) is 2. The van der Waals surface area contributed by atoms with Crippen LogP contribution < -0.4 is 0 Å². The minimum absolute atomic E-state index is 0.297. The molecule has 1 aromatic rings. The second kappa shape index (κ2) is 10.2. The highest BCUT2D eigenvalue weighted by Gasteiger charge is 2.23. The number of carbonyl (C=O) groups is 2. The van der Waals surface area contributed by atoms with Gasteiger partial charge in [-0.3, -0.25) is 9.88 Å². The number of rotatable bonds is 5. The highest BCUT2D eigenvalue weighted by molar-refractivity contribution is 5.89. The van der Waals surface area contributed by atoms with Crippen LogP contribution in [-0.4, -0.2) is 52.7 Å². The Morgan fingerprint density at radius 3 is 2.48 bits per heavy atom. The van der Waals surface area contributed by atoms with Gasteiger partial charge >= 0.3 is 11.9 Å². The molecular weight excluding hydrogens is 324 g/mol. The van der Waals surface area contributed by atoms with E-state index in [4.69, 9.17) is 21.4 Å². The number of methoxy groups -OCH3 is 1. The van der Waals surface area contributed by atoms with Gasteiger partial charge in [-0.15, -0.1) is 6.42 Å². The third kappa shape index (κ3) is 6.75. The summed E-state index contributed by atoms with van der Waals surface area (Å²) in [6.07, 6.45) is 12.4. The second-order valence-electron chi connectivity index (χ2n) is 5.48. The van der Waals surface area contributed by atoms with Crippen LogP contribution in [0.3, 0.4) is 0 Å². The summed E-state index contributed by atoms with van der Waals surface area (Å²) >= 11 is 0. The van der Waals surface area contributed by atoms with Crippen molar-refractivity contribution in [2.45, 2.75) is 25.0 Å². The van der Waals surface area contributed by atoms with Crippen LogP contribution in [0.15, 0.2) is 30.6 Å². The van der Waals surface area contributed by atoms with E-state index in [1.165, 1.54) is 18.4 Å². The maximum absolute atomic E-state index is 9.55. The Balaban J connectivity index is 0.000000333. The third-order valence-corrected chi connectivity index (χ3v) is 3.74. The predicted octanol–water partition coefficient (Wildman–Crippen LogP) is 1.88. The summed E-state index contributed by atoms with van der Waals surface area (Å²) in [6, 6.07) is 2.59. The molecule has 0 saturated carbocycles. The van der Waals surface area contributed by atoms with E-state index in [2.05, 4.69) is 28.9 Å². The Labute approximate surface area is 146 Å². The van der Waals surface area contributed by atoms with Crippen LogP contribution in [0.2, 0.25) is 0 Å². The van der Waals surface area contributed by atoms with E-state index >= 15 is 0 Å². The van der Waals surface area contributed by atoms with Gasteiger partial charge in [-0.2, -0.15) is 0 Å². The van der Waals surface area contributed by atoms with Gasteiger partial charge in [0, 0.05) is 43.3 Å². The number of carboxylic acids is 2. The van der Waals surface area contributed by atoms with E-state index in [-0.39, 0.29) is 6.10 Å². The zero-order valence-corrected chi connectivity index (χ0v) is 14.3. The first kappa shape index (κ1) is 20.4. The molecule has 0 radical (unpaired) electrons. The fourth-order valence-corrected chi connectivity index (χ4v) is 2.58. The average Bonchev–Trinajstić information content (AvgIpc) is 3.01. The molecule has 134 valence electrons. The van der Waals surface area contributed by atoms with Gasteiger partial charge in [0.1, 0.15) is 6.10 Å². The molecule has 0 aliphatic carbocycles. The number of hydrogen-bond acceptors (Lipinski definition) is 5. The Kier molecular flexibility index (Phi) is 8.33. The number of ether oxygens (including phenoxy) is 1. The van der Waals surface area contributed by atoms with Crippen LogP contribution in [-0.2, 0) is 14.3 Å². The monoisotopic (exact) mass is 346 g/mol. The number of pyridine rings is 1. The van der Waals surface area contributed by atoms with Gasteiger partial charge in [0.05, 0.1) is 0 Å². The van der Waals surface area contributed by atoms with E-state index in [1.54, 1.807) is 13.3 Å². The summed E-state index contributed by atoms with van der Waals surface area (Å²) < 4.78 is 5.24. The van der Waals surface area contributed by atoms with Crippen molar-refractivity contribution in [2.75, 3.05) is 20.7 Å². The minimum Gasteiger partial charge on any atom is -0.478 e. The van der Waals surface area contributed by atoms with Gasteiger partial charge in [-0.25, -0.2) is 9.59 Å². The molecular formula is C18H22N2O5. The molecule has 0 spiro atoms. The molecule has 2 atom stereocenters. The Bertz CT molecular complexity index is 650. The summed E-state index contributed by atoms with van der Waals surface area (Å²) in [5, 5.41) is 15.6. The smallest absolute Gasteiger partial charge is 0.328 e. The number of likely N-dealkylation sites (tertiary alicyclic amines) is 1. The lowest BCUT2D eigenvalue weighted by Gasteiger charge is -2.20. The molecule has 1 aliphatic rings. The minimum atomic E-state index is -1.26. The standard InChI is InChI=1S/C14H18N2O.C4H4O4/c1-4-14(17-3)12-8-11(9-15-10-12)13-6-5-7-16(13)2;5-3(6)1-2-4(7)8/h1,8-10,13-14H,5-7H2,2-3H3;1-2H,(H,5,6)(H,7,8). The van der Waals surface area contributed by atoms with Crippen molar-refractivity contribution in [2.24, 2.45) is 0 Å². The zero-order valence-electron chi connectivity index (χ0n) is 14.3. The summed E-state index contributed by atoms with van der Waals surface area (Å²) in [7, 11) is 3.78. The van der Waals surface area contributed by atoms with Crippen LogP contribution in [0.5, 0.6) is 0 Å². The van der Waals surface area contributed by atoms with Gasteiger partial charge in [0.25, 0.3) is 0 Å². The van der Waals surface area contributed by atoms with E-state index in [0.717, 1.165) is 12.1 Å². The van der Waals surface area contributed by atoms with Gasteiger partial charge in [0.15, 0.2) is 0 Å². The highest BCUT2D eigenvalue weighted by Crippen LogP contribution is 2.31. The summed E-state index contributed by atoms with van der Waals surface area (Å²) in [6.45, 7) is 1.15. The largest absolute Gasteiger partial charge is 0.478 e. The van der Waals surface area contributed by atoms with Crippen LogP contribution in [0.4, 0.5) is 0 Å². The molecule has 0 aromatic carbocycles. The van der Waals surface area contributed by atoms with Gasteiger partial charge in [-0.05, 0) is 38.1 Å². The van der Waals surface area contributed by atoms with Crippen LogP contribution >= 0.6 is 0 Å². The number of aromatic nitrogens is 1. The second-order valence-corrected chi connectivity index (χ2v) is 5.48. The molecule has 7 heteroatoms. The maximum Gasteiger partial charge on any atom is 0.328 e. The van der Waals surface area contributed by atoms with Crippen molar-refractivity contribution in [3.8, 4) is 12.3 Å². The summed E-state index contributed by atoms with van der Waals surface area (Å²) in [4.78, 5) is 25.7. The number of nitrogens with zero attached hydrogens (tertiary/aromatic N) is 2. The molecule has 2 N–H and O–H groups in total. The molecule has 2 heterocycles. The number of aliphatic carboxylic acids is 2. The molecule has 1 fully saturated rings. The first-order chi connectivity index (χ1) is 11.9. The van der Waals surface area contributed by atoms with Crippen LogP contribution in [0, 0.1) is 12.3 Å². The molecule has 0 bridgehead atoms. The van der Waals surface area contributed by atoms with Gasteiger partial charge < -0.3 is 14.9 Å². The average molecular weight is 346 g/mol. The van der Waals surface area contributed by atoms with Crippen molar-refractivity contribution >= 4 is 11.9 Å². The van der Waals surface area contributed by atoms with Crippen molar-refractivity contribution in [1.29, 1.82) is 0 Å². The third-order valence-electron chi connectivity index (χ3n) is 3.74. The lowest BCUT2D eigenvalue weighted by Crippen LogP contribution is -2.18. The predicted molar refractivity (Wildman–Crippen MR) is 91.8 cm³/mol. The lowest BCUT2D eigenvalue weighted by molar-refractivity contribution is -0.134. The van der Waals surface area contributed by atoms with Crippen molar-refractivity contribution in [3.63, 3.8) is 0 Å². The fraction of sp³-hybridized carbons (Fsp3) is 0.389. The van der Waals surface area contributed by atoms with Crippen LogP contribution in [0.25, 0.3) is 0 Å². The molecule has 2 unspecified atom stereocenters. The Morgan fingerprint density at radius 1 is 1.40 bits per heavy atom. The highest BCUT2D eigenvalue weighted by atomic mass is 16.5. The molecule has 1 saturated heterocycles. The van der Waals surface area contributed by atoms with Gasteiger partial charge in [-0.1, -0.05) is 5.92 Å². The maximum atomic E-state index is 9.55. The Hall–Kier alpha value is -2.69. The lowest BCUT2D eigenvalue weighted by atomic mass is 10.0. The zero-order chi connectivity index (χ0) is 18.8. The number of hydrogen-bond donors (Lipinski definition) is 2. The quantitative estimate of drug-likeness (QED) is 0.620. The molecule has 1 aliphatic heterocycles.